The molecule has 22 heavy (non-hydrogen) atoms. The number of amides is 1. The number of carbonyl (C=O) groups is 1. The van der Waals surface area contributed by atoms with Crippen LogP contribution in [0.3, 0.4) is 0 Å². The number of carbonyl (C=O) groups excluding carboxylic acids is 1. The predicted octanol–water partition coefficient (Wildman–Crippen LogP) is 3.36. The first-order valence-corrected chi connectivity index (χ1v) is 7.55. The van der Waals surface area contributed by atoms with Gasteiger partial charge < -0.3 is 11.1 Å². The standard InChI is InChI=1S/C16H14N4OS/c1-10-12(15(17)21)5-2-6-13(10)19-16-20-14(9-22-16)11-4-3-7-18-8-11/h2-9H,1H3,(H2,17,21)(H,19,20). The van der Waals surface area contributed by atoms with Gasteiger partial charge in [0.1, 0.15) is 0 Å². The second kappa shape index (κ2) is 5.95. The summed E-state index contributed by atoms with van der Waals surface area (Å²) < 4.78 is 0. The third-order valence-electron chi connectivity index (χ3n) is 3.30. The summed E-state index contributed by atoms with van der Waals surface area (Å²) in [5, 5.41) is 5.96. The number of rotatable bonds is 4. The van der Waals surface area contributed by atoms with Crippen LogP contribution in [-0.4, -0.2) is 15.9 Å². The molecule has 2 aromatic heterocycles. The van der Waals surface area contributed by atoms with Crippen molar-refractivity contribution in [2.24, 2.45) is 5.73 Å². The van der Waals surface area contributed by atoms with Gasteiger partial charge >= 0.3 is 0 Å². The van der Waals surface area contributed by atoms with Gasteiger partial charge in [-0.25, -0.2) is 4.98 Å². The van der Waals surface area contributed by atoms with E-state index >= 15 is 0 Å². The number of nitrogens with zero attached hydrogens (tertiary/aromatic N) is 2. The van der Waals surface area contributed by atoms with Gasteiger partial charge in [-0.15, -0.1) is 11.3 Å². The van der Waals surface area contributed by atoms with E-state index in [1.54, 1.807) is 24.5 Å². The van der Waals surface area contributed by atoms with E-state index in [4.69, 9.17) is 5.73 Å². The smallest absolute Gasteiger partial charge is 0.249 e. The lowest BCUT2D eigenvalue weighted by molar-refractivity contribution is 0.1000. The molecule has 0 aliphatic heterocycles. The van der Waals surface area contributed by atoms with E-state index in [-0.39, 0.29) is 0 Å². The second-order valence-corrected chi connectivity index (χ2v) is 5.61. The maximum absolute atomic E-state index is 11.4. The van der Waals surface area contributed by atoms with Crippen LogP contribution in [-0.2, 0) is 0 Å². The Morgan fingerprint density at radius 2 is 2.14 bits per heavy atom. The molecular formula is C16H14N4OS. The number of nitrogens with one attached hydrogen (secondary N) is 1. The maximum atomic E-state index is 11.4. The van der Waals surface area contributed by atoms with Crippen molar-refractivity contribution in [3.8, 4) is 11.3 Å². The second-order valence-electron chi connectivity index (χ2n) is 4.75. The molecule has 0 aliphatic rings. The Balaban J connectivity index is 1.87. The normalized spacial score (nSPS) is 10.4. The number of benzene rings is 1. The minimum atomic E-state index is -0.434. The Labute approximate surface area is 131 Å². The summed E-state index contributed by atoms with van der Waals surface area (Å²) in [4.78, 5) is 20.0. The molecule has 1 amide bonds. The van der Waals surface area contributed by atoms with E-state index in [2.05, 4.69) is 15.3 Å². The summed E-state index contributed by atoms with van der Waals surface area (Å²) in [5.74, 6) is -0.434. The lowest BCUT2D eigenvalue weighted by Gasteiger charge is -2.09. The van der Waals surface area contributed by atoms with Gasteiger partial charge in [-0.2, -0.15) is 0 Å². The van der Waals surface area contributed by atoms with Crippen LogP contribution in [0.25, 0.3) is 11.3 Å². The minimum Gasteiger partial charge on any atom is -0.366 e. The highest BCUT2D eigenvalue weighted by molar-refractivity contribution is 7.14. The summed E-state index contributed by atoms with van der Waals surface area (Å²) >= 11 is 1.50. The van der Waals surface area contributed by atoms with E-state index in [0.717, 1.165) is 27.6 Å². The average Bonchev–Trinajstić information content (AvgIpc) is 2.98. The number of primary amides is 1. The molecule has 3 N–H and O–H groups in total. The molecule has 0 fully saturated rings. The fraction of sp³-hybridized carbons (Fsp3) is 0.0625. The Kier molecular flexibility index (Phi) is 3.84. The van der Waals surface area contributed by atoms with E-state index in [0.29, 0.717) is 5.56 Å². The largest absolute Gasteiger partial charge is 0.366 e. The molecule has 0 radical (unpaired) electrons. The first kappa shape index (κ1) is 14.2. The highest BCUT2D eigenvalue weighted by Gasteiger charge is 2.10. The van der Waals surface area contributed by atoms with Gasteiger partial charge in [0.25, 0.3) is 0 Å². The van der Waals surface area contributed by atoms with Gasteiger partial charge in [-0.05, 0) is 36.8 Å². The van der Waals surface area contributed by atoms with Crippen molar-refractivity contribution >= 4 is 28.1 Å². The van der Waals surface area contributed by atoms with Gasteiger partial charge in [0.2, 0.25) is 5.91 Å². The van der Waals surface area contributed by atoms with Crippen LogP contribution in [0.5, 0.6) is 0 Å². The van der Waals surface area contributed by atoms with E-state index in [9.17, 15) is 4.79 Å². The molecule has 3 rings (SSSR count). The van der Waals surface area contributed by atoms with Gasteiger partial charge in [0, 0.05) is 34.6 Å². The van der Waals surface area contributed by atoms with Crippen LogP contribution >= 0.6 is 11.3 Å². The SMILES string of the molecule is Cc1c(Nc2nc(-c3cccnc3)cs2)cccc1C(N)=O. The molecule has 110 valence electrons. The summed E-state index contributed by atoms with van der Waals surface area (Å²) in [6.45, 7) is 1.86. The number of hydrogen-bond acceptors (Lipinski definition) is 5. The molecule has 0 atom stereocenters. The van der Waals surface area contributed by atoms with Crippen LogP contribution < -0.4 is 11.1 Å². The topological polar surface area (TPSA) is 80.9 Å². The highest BCUT2D eigenvalue weighted by Crippen LogP contribution is 2.28. The van der Waals surface area contributed by atoms with Crippen LogP contribution in [0.4, 0.5) is 10.8 Å². The molecule has 0 saturated carbocycles. The number of thiazole rings is 1. The zero-order valence-electron chi connectivity index (χ0n) is 11.9. The quantitative estimate of drug-likeness (QED) is 0.774. The van der Waals surface area contributed by atoms with Gasteiger partial charge in [-0.1, -0.05) is 6.07 Å². The molecule has 0 bridgehead atoms. The summed E-state index contributed by atoms with van der Waals surface area (Å²) in [7, 11) is 0. The lowest BCUT2D eigenvalue weighted by atomic mass is 10.1. The first-order chi connectivity index (χ1) is 10.6. The Morgan fingerprint density at radius 1 is 1.27 bits per heavy atom. The fourth-order valence-corrected chi connectivity index (χ4v) is 2.86. The molecule has 1 aromatic carbocycles. The van der Waals surface area contributed by atoms with Crippen LogP contribution in [0, 0.1) is 6.92 Å². The maximum Gasteiger partial charge on any atom is 0.249 e. The molecule has 0 spiro atoms. The van der Waals surface area contributed by atoms with Crippen LogP contribution in [0.15, 0.2) is 48.1 Å². The fourth-order valence-electron chi connectivity index (χ4n) is 2.13. The minimum absolute atomic E-state index is 0.434. The summed E-state index contributed by atoms with van der Waals surface area (Å²) in [6, 6.07) is 9.25. The predicted molar refractivity (Wildman–Crippen MR) is 88.3 cm³/mol. The molecule has 0 unspecified atom stereocenters. The van der Waals surface area contributed by atoms with Crippen LogP contribution in [0.1, 0.15) is 15.9 Å². The Bertz CT molecular complexity index is 814. The molecule has 2 heterocycles. The summed E-state index contributed by atoms with van der Waals surface area (Å²) in [6.07, 6.45) is 3.51. The van der Waals surface area contributed by atoms with Crippen molar-refractivity contribution in [1.29, 1.82) is 0 Å². The van der Waals surface area contributed by atoms with Crippen molar-refractivity contribution in [3.05, 3.63) is 59.2 Å². The number of anilines is 2. The number of pyridine rings is 1. The Hall–Kier alpha value is -2.73. The van der Waals surface area contributed by atoms with Gasteiger partial charge in [0.05, 0.1) is 5.69 Å². The van der Waals surface area contributed by atoms with E-state index < -0.39 is 5.91 Å². The van der Waals surface area contributed by atoms with Crippen molar-refractivity contribution in [2.45, 2.75) is 6.92 Å². The van der Waals surface area contributed by atoms with Gasteiger partial charge in [-0.3, -0.25) is 9.78 Å². The zero-order chi connectivity index (χ0) is 15.5. The van der Waals surface area contributed by atoms with Crippen molar-refractivity contribution < 1.29 is 4.79 Å². The highest BCUT2D eigenvalue weighted by atomic mass is 32.1. The molecule has 6 heteroatoms. The number of aromatic nitrogens is 2. The monoisotopic (exact) mass is 310 g/mol. The zero-order valence-corrected chi connectivity index (χ0v) is 12.7. The third kappa shape index (κ3) is 2.82. The molecule has 0 aliphatic carbocycles. The average molecular weight is 310 g/mol. The van der Waals surface area contributed by atoms with Crippen molar-refractivity contribution in [1.82, 2.24) is 9.97 Å². The molecular weight excluding hydrogens is 296 g/mol. The number of nitrogens with two attached hydrogens (primary N) is 1. The molecule has 0 saturated heterocycles. The van der Waals surface area contributed by atoms with Gasteiger partial charge in [0.15, 0.2) is 5.13 Å². The van der Waals surface area contributed by atoms with Crippen molar-refractivity contribution in [3.63, 3.8) is 0 Å². The molecule has 3 aromatic rings. The van der Waals surface area contributed by atoms with E-state index in [1.807, 2.05) is 30.5 Å². The number of hydrogen-bond donors (Lipinski definition) is 2. The van der Waals surface area contributed by atoms with Crippen molar-refractivity contribution in [2.75, 3.05) is 5.32 Å². The molecule has 5 nitrogen and oxygen atoms in total. The third-order valence-corrected chi connectivity index (χ3v) is 4.06. The first-order valence-electron chi connectivity index (χ1n) is 6.67. The van der Waals surface area contributed by atoms with E-state index in [1.165, 1.54) is 11.3 Å². The lowest BCUT2D eigenvalue weighted by Crippen LogP contribution is -2.13. The summed E-state index contributed by atoms with van der Waals surface area (Å²) in [5.41, 5.74) is 9.35. The van der Waals surface area contributed by atoms with Crippen LogP contribution in [0.2, 0.25) is 0 Å². The Morgan fingerprint density at radius 3 is 2.86 bits per heavy atom.